The number of aromatic nitrogens is 7. The van der Waals surface area contributed by atoms with Crippen LogP contribution < -0.4 is 0 Å². The van der Waals surface area contributed by atoms with Gasteiger partial charge in [-0.1, -0.05) is 54.1 Å². The van der Waals surface area contributed by atoms with Crippen LogP contribution in [0.4, 0.5) is 0 Å². The number of hydrogen-bond acceptors (Lipinski definition) is 9. The van der Waals surface area contributed by atoms with Crippen LogP contribution in [0.25, 0.3) is 33.7 Å². The maximum absolute atomic E-state index is 10.6. The van der Waals surface area contributed by atoms with E-state index >= 15 is 0 Å². The molecule has 0 amide bonds. The van der Waals surface area contributed by atoms with Crippen LogP contribution in [0.2, 0.25) is 5.02 Å². The Morgan fingerprint density at radius 2 is 1.22 bits per heavy atom. The first-order valence-corrected chi connectivity index (χ1v) is 20.0. The topological polar surface area (TPSA) is 140 Å². The summed E-state index contributed by atoms with van der Waals surface area (Å²) in [6.07, 6.45) is 11.2. The lowest BCUT2D eigenvalue weighted by Crippen LogP contribution is -2.18. The summed E-state index contributed by atoms with van der Waals surface area (Å²) in [6.45, 7) is 13.0. The highest BCUT2D eigenvalue weighted by Gasteiger charge is 2.51. The number of fused-ring (bicyclic) bond motifs is 2. The highest BCUT2D eigenvalue weighted by molar-refractivity contribution is 6.33. The number of nitrogens with zero attached hydrogens (tertiary/aromatic N) is 7. The van der Waals surface area contributed by atoms with Gasteiger partial charge in [0.15, 0.2) is 23.4 Å². The highest BCUT2D eigenvalue weighted by atomic mass is 35.5. The normalized spacial score (nSPS) is 15.8. The first kappa shape index (κ1) is 37.9. The molecule has 2 aliphatic rings. The van der Waals surface area contributed by atoms with Crippen molar-refractivity contribution in [2.45, 2.75) is 96.2 Å². The minimum absolute atomic E-state index is 0.132. The van der Waals surface area contributed by atoms with Crippen LogP contribution in [0.1, 0.15) is 104 Å². The van der Waals surface area contributed by atoms with Gasteiger partial charge in [0.1, 0.15) is 17.4 Å². The summed E-state index contributed by atoms with van der Waals surface area (Å²) in [5.74, 6) is 3.49. The van der Waals surface area contributed by atoms with Crippen LogP contribution in [-0.2, 0) is 22.0 Å². The van der Waals surface area contributed by atoms with E-state index < -0.39 is 11.2 Å². The first-order chi connectivity index (χ1) is 27.6. The van der Waals surface area contributed by atoms with Crippen molar-refractivity contribution < 1.29 is 19.0 Å². The summed E-state index contributed by atoms with van der Waals surface area (Å²) in [5, 5.41) is 39.7. The zero-order chi connectivity index (χ0) is 40.8. The Hall–Kier alpha value is -5.62. The summed E-state index contributed by atoms with van der Waals surface area (Å²) in [4.78, 5) is 4.17. The fourth-order valence-corrected chi connectivity index (χ4v) is 8.69. The Bertz CT molecular complexity index is 2810. The molecule has 10 rings (SSSR count). The third kappa shape index (κ3) is 6.23. The Balaban J connectivity index is 0.000000151. The summed E-state index contributed by atoms with van der Waals surface area (Å²) < 4.78 is 15.2. The minimum Gasteiger partial charge on any atom is -0.469 e. The molecule has 12 heteroatoms. The number of oxazole rings is 1. The molecule has 11 nitrogen and oxygen atoms in total. The molecule has 0 saturated heterocycles. The Morgan fingerprint density at radius 1 is 0.690 bits per heavy atom. The van der Waals surface area contributed by atoms with E-state index in [1.165, 1.54) is 17.5 Å². The molecule has 0 bridgehead atoms. The van der Waals surface area contributed by atoms with Gasteiger partial charge in [0.05, 0.1) is 34.0 Å². The zero-order valence-corrected chi connectivity index (χ0v) is 34.5. The summed E-state index contributed by atoms with van der Waals surface area (Å²) in [5.41, 5.74) is 8.04. The van der Waals surface area contributed by atoms with Gasteiger partial charge in [-0.25, -0.2) is 4.98 Å². The molecule has 2 aromatic carbocycles. The van der Waals surface area contributed by atoms with Crippen LogP contribution >= 0.6 is 11.6 Å². The standard InChI is InChI=1S/C24H24ClN3O2.C22H22N4O2/c1-14-13-30-15(2)20(14)17-12-16(7-8-19(17)25)24(9-10-24)22-27-26-21-18(23(3,4)29)6-5-11-28(21)22;1-14-18(28-13-23-14)15-6-8-16(9-7-15)22(10-11-22)20-25-24-19-17(21(2,3)27)5-4-12-26(19)20/h5-8,11-13,29H,9-10H2,1-4H3;4-9,12-13,27H,10-11H2,1-3H3. The minimum atomic E-state index is -0.993. The highest BCUT2D eigenvalue weighted by Crippen LogP contribution is 2.55. The number of rotatable bonds is 8. The van der Waals surface area contributed by atoms with E-state index in [1.807, 2.05) is 72.3 Å². The molecule has 2 N–H and O–H groups in total. The monoisotopic (exact) mass is 795 g/mol. The number of benzene rings is 2. The second-order valence-electron chi connectivity index (χ2n) is 16.9. The lowest BCUT2D eigenvalue weighted by molar-refractivity contribution is 0.0790. The zero-order valence-electron chi connectivity index (χ0n) is 33.7. The number of aryl methyl sites for hydroxylation is 3. The Kier molecular flexibility index (Phi) is 8.81. The van der Waals surface area contributed by atoms with Gasteiger partial charge in [-0.15, -0.1) is 20.4 Å². The van der Waals surface area contributed by atoms with E-state index in [-0.39, 0.29) is 10.8 Å². The fraction of sp³-hybridized carbons (Fsp3) is 0.326. The molecular weight excluding hydrogens is 750 g/mol. The van der Waals surface area contributed by atoms with Crippen molar-refractivity contribution in [3.63, 3.8) is 0 Å². The molecule has 58 heavy (non-hydrogen) atoms. The molecule has 0 spiro atoms. The van der Waals surface area contributed by atoms with Crippen molar-refractivity contribution in [2.24, 2.45) is 0 Å². The van der Waals surface area contributed by atoms with Gasteiger partial charge >= 0.3 is 0 Å². The van der Waals surface area contributed by atoms with Crippen LogP contribution in [0.3, 0.4) is 0 Å². The Morgan fingerprint density at radius 3 is 1.69 bits per heavy atom. The Labute approximate surface area is 341 Å². The first-order valence-electron chi connectivity index (χ1n) is 19.6. The van der Waals surface area contributed by atoms with Gasteiger partial charge in [-0.2, -0.15) is 0 Å². The molecule has 8 aromatic rings. The van der Waals surface area contributed by atoms with E-state index in [0.717, 1.165) is 87.9 Å². The molecule has 2 aliphatic carbocycles. The largest absolute Gasteiger partial charge is 0.469 e. The number of pyridine rings is 2. The molecular formula is C46H46ClN7O4. The van der Waals surface area contributed by atoms with Crippen molar-refractivity contribution in [3.8, 4) is 22.5 Å². The van der Waals surface area contributed by atoms with Gasteiger partial charge in [0.25, 0.3) is 0 Å². The lowest BCUT2D eigenvalue weighted by Gasteiger charge is -2.19. The van der Waals surface area contributed by atoms with Crippen molar-refractivity contribution >= 4 is 22.9 Å². The van der Waals surface area contributed by atoms with Crippen LogP contribution in [0, 0.1) is 20.8 Å². The maximum atomic E-state index is 10.6. The van der Waals surface area contributed by atoms with Gasteiger partial charge < -0.3 is 19.0 Å². The number of hydrogen-bond donors (Lipinski definition) is 2. The van der Waals surface area contributed by atoms with E-state index in [1.54, 1.807) is 34.0 Å². The predicted molar refractivity (Wildman–Crippen MR) is 222 cm³/mol. The second kappa shape index (κ2) is 13.5. The van der Waals surface area contributed by atoms with E-state index in [0.29, 0.717) is 16.3 Å². The van der Waals surface area contributed by atoms with Crippen LogP contribution in [-0.4, -0.2) is 44.4 Å². The summed E-state index contributed by atoms with van der Waals surface area (Å²) in [7, 11) is 0. The van der Waals surface area contributed by atoms with Crippen molar-refractivity contribution in [3.05, 3.63) is 148 Å². The molecule has 6 heterocycles. The molecule has 2 fully saturated rings. The molecule has 296 valence electrons. The average molecular weight is 796 g/mol. The molecule has 0 radical (unpaired) electrons. The summed E-state index contributed by atoms with van der Waals surface area (Å²) >= 11 is 6.59. The third-order valence-electron chi connectivity index (χ3n) is 11.9. The molecule has 0 unspecified atom stereocenters. The van der Waals surface area contributed by atoms with E-state index in [2.05, 4.69) is 61.8 Å². The number of halogens is 1. The third-order valence-corrected chi connectivity index (χ3v) is 12.3. The predicted octanol–water partition coefficient (Wildman–Crippen LogP) is 9.57. The molecule has 2 saturated carbocycles. The van der Waals surface area contributed by atoms with Gasteiger partial charge in [0.2, 0.25) is 0 Å². The number of furan rings is 1. The smallest absolute Gasteiger partial charge is 0.181 e. The second-order valence-corrected chi connectivity index (χ2v) is 17.4. The summed E-state index contributed by atoms with van der Waals surface area (Å²) in [6, 6.07) is 22.3. The van der Waals surface area contributed by atoms with Crippen molar-refractivity contribution in [1.29, 1.82) is 0 Å². The SMILES string of the molecule is Cc1coc(C)c1-c1cc(C2(c3nnc4c(C(C)(C)O)cccn34)CC2)ccc1Cl.Cc1ncoc1-c1ccc(C2(c3nnc4c(C(C)(C)O)cccn34)CC2)cc1. The molecule has 0 aliphatic heterocycles. The van der Waals surface area contributed by atoms with E-state index in [9.17, 15) is 10.2 Å². The maximum Gasteiger partial charge on any atom is 0.181 e. The van der Waals surface area contributed by atoms with Crippen molar-refractivity contribution in [1.82, 2.24) is 34.2 Å². The van der Waals surface area contributed by atoms with Gasteiger partial charge in [0, 0.05) is 45.2 Å². The molecule has 6 aromatic heterocycles. The number of aliphatic hydroxyl groups is 2. The van der Waals surface area contributed by atoms with Crippen LogP contribution in [0.15, 0.2) is 101 Å². The fourth-order valence-electron chi connectivity index (χ4n) is 8.48. The van der Waals surface area contributed by atoms with Gasteiger partial charge in [-0.05, 0) is 115 Å². The van der Waals surface area contributed by atoms with E-state index in [4.69, 9.17) is 20.4 Å². The van der Waals surface area contributed by atoms with Crippen LogP contribution in [0.5, 0.6) is 0 Å². The lowest BCUT2D eigenvalue weighted by atomic mass is 9.91. The average Bonchev–Trinajstić information content (AvgIpc) is 3.95. The molecule has 0 atom stereocenters. The quantitative estimate of drug-likeness (QED) is 0.154. The van der Waals surface area contributed by atoms with Gasteiger partial charge in [-0.3, -0.25) is 8.80 Å². The van der Waals surface area contributed by atoms with Crippen molar-refractivity contribution in [2.75, 3.05) is 0 Å².